The number of hydrogen-bond donors (Lipinski definition) is 4. The Morgan fingerprint density at radius 3 is 2.59 bits per heavy atom. The number of aliphatic carboxylic acids is 1. The number of carbonyl (C=O) groups excluding carboxylic acids is 1. The van der Waals surface area contributed by atoms with Crippen LogP contribution in [0.5, 0.6) is 0 Å². The van der Waals surface area contributed by atoms with Crippen LogP contribution in [0.3, 0.4) is 0 Å². The van der Waals surface area contributed by atoms with Crippen molar-refractivity contribution in [1.82, 2.24) is 16.0 Å². The third-order valence-corrected chi connectivity index (χ3v) is 3.03. The van der Waals surface area contributed by atoms with Crippen LogP contribution in [0.25, 0.3) is 0 Å². The van der Waals surface area contributed by atoms with E-state index in [0.717, 1.165) is 25.9 Å². The Balaban J connectivity index is 2.21. The Hall–Kier alpha value is -1.30. The summed E-state index contributed by atoms with van der Waals surface area (Å²) in [6, 6.07) is -0.0715. The summed E-state index contributed by atoms with van der Waals surface area (Å²) in [6.45, 7) is 3.81. The molecule has 0 aromatic carbocycles. The second-order valence-electron chi connectivity index (χ2n) is 4.32. The predicted molar refractivity (Wildman–Crippen MR) is 63.8 cm³/mol. The van der Waals surface area contributed by atoms with Crippen LogP contribution in [-0.4, -0.2) is 42.8 Å². The summed E-state index contributed by atoms with van der Waals surface area (Å²) in [6.07, 6.45) is 2.36. The zero-order chi connectivity index (χ0) is 12.7. The Morgan fingerprint density at radius 1 is 1.41 bits per heavy atom. The van der Waals surface area contributed by atoms with E-state index in [2.05, 4.69) is 16.0 Å². The summed E-state index contributed by atoms with van der Waals surface area (Å²) in [7, 11) is 0. The molecule has 0 radical (unpaired) electrons. The molecule has 1 fully saturated rings. The van der Waals surface area contributed by atoms with Gasteiger partial charge in [0.05, 0.1) is 5.92 Å². The Kier molecular flexibility index (Phi) is 5.76. The number of carboxylic acids is 1. The molecular formula is C11H21N3O3. The summed E-state index contributed by atoms with van der Waals surface area (Å²) in [5, 5.41) is 17.5. The van der Waals surface area contributed by atoms with Gasteiger partial charge in [-0.25, -0.2) is 4.79 Å². The van der Waals surface area contributed by atoms with E-state index in [0.29, 0.717) is 6.42 Å². The van der Waals surface area contributed by atoms with Gasteiger partial charge in [0.2, 0.25) is 0 Å². The number of hydrogen-bond acceptors (Lipinski definition) is 3. The molecule has 2 amide bonds. The van der Waals surface area contributed by atoms with Crippen LogP contribution in [0.15, 0.2) is 0 Å². The predicted octanol–water partition coefficient (Wildman–Crippen LogP) is 0.148. The maximum atomic E-state index is 11.5. The van der Waals surface area contributed by atoms with Crippen LogP contribution < -0.4 is 16.0 Å². The van der Waals surface area contributed by atoms with Gasteiger partial charge in [-0.1, -0.05) is 6.92 Å². The van der Waals surface area contributed by atoms with Crippen LogP contribution in [0, 0.1) is 5.92 Å². The molecule has 1 heterocycles. The minimum Gasteiger partial charge on any atom is -0.481 e. The van der Waals surface area contributed by atoms with Crippen molar-refractivity contribution in [2.45, 2.75) is 32.2 Å². The van der Waals surface area contributed by atoms with Gasteiger partial charge in [0.15, 0.2) is 0 Å². The average Bonchev–Trinajstić information content (AvgIpc) is 2.30. The number of rotatable bonds is 5. The normalized spacial score (nSPS) is 18.4. The first kappa shape index (κ1) is 13.8. The van der Waals surface area contributed by atoms with Crippen LogP contribution in [0.4, 0.5) is 4.79 Å². The second-order valence-corrected chi connectivity index (χ2v) is 4.32. The molecule has 0 saturated carbocycles. The maximum absolute atomic E-state index is 11.5. The van der Waals surface area contributed by atoms with Gasteiger partial charge in [-0.15, -0.1) is 0 Å². The number of piperidine rings is 1. The Bertz CT molecular complexity index is 265. The third kappa shape index (κ3) is 5.04. The van der Waals surface area contributed by atoms with Crippen LogP contribution in [0.2, 0.25) is 0 Å². The monoisotopic (exact) mass is 243 g/mol. The lowest BCUT2D eigenvalue weighted by atomic mass is 10.1. The number of carboxylic acid groups (broad SMARTS) is 1. The highest BCUT2D eigenvalue weighted by atomic mass is 16.4. The lowest BCUT2D eigenvalue weighted by molar-refractivity contribution is -0.141. The van der Waals surface area contributed by atoms with Gasteiger partial charge < -0.3 is 21.1 Å². The van der Waals surface area contributed by atoms with E-state index in [9.17, 15) is 9.59 Å². The molecule has 1 aliphatic rings. The number of carbonyl (C=O) groups is 2. The summed E-state index contributed by atoms with van der Waals surface area (Å²) < 4.78 is 0. The van der Waals surface area contributed by atoms with Crippen LogP contribution in [-0.2, 0) is 4.79 Å². The summed E-state index contributed by atoms with van der Waals surface area (Å²) in [4.78, 5) is 22.3. The molecule has 6 nitrogen and oxygen atoms in total. The fourth-order valence-corrected chi connectivity index (χ4v) is 1.82. The summed E-state index contributed by atoms with van der Waals surface area (Å²) in [5.74, 6) is -1.37. The zero-order valence-corrected chi connectivity index (χ0v) is 10.2. The standard InChI is InChI=1S/C11H21N3O3/c1-2-8(10(15)16)7-13-11(17)14-9-3-5-12-6-4-9/h8-9,12H,2-7H2,1H3,(H,15,16)(H2,13,14,17). The van der Waals surface area contributed by atoms with Crippen molar-refractivity contribution in [2.24, 2.45) is 5.92 Å². The maximum Gasteiger partial charge on any atom is 0.315 e. The van der Waals surface area contributed by atoms with Crippen LogP contribution >= 0.6 is 0 Å². The number of urea groups is 1. The van der Waals surface area contributed by atoms with Crippen molar-refractivity contribution in [1.29, 1.82) is 0 Å². The Morgan fingerprint density at radius 2 is 2.06 bits per heavy atom. The molecule has 98 valence electrons. The fourth-order valence-electron chi connectivity index (χ4n) is 1.82. The van der Waals surface area contributed by atoms with Gasteiger partial charge in [0.25, 0.3) is 0 Å². The van der Waals surface area contributed by atoms with Crippen molar-refractivity contribution in [3.05, 3.63) is 0 Å². The molecule has 0 spiro atoms. The largest absolute Gasteiger partial charge is 0.481 e. The van der Waals surface area contributed by atoms with Crippen molar-refractivity contribution in [2.75, 3.05) is 19.6 Å². The van der Waals surface area contributed by atoms with Crippen molar-refractivity contribution >= 4 is 12.0 Å². The first-order valence-electron chi connectivity index (χ1n) is 6.11. The SMILES string of the molecule is CCC(CNC(=O)NC1CCNCC1)C(=O)O. The van der Waals surface area contributed by atoms with Gasteiger partial charge in [0, 0.05) is 12.6 Å². The first-order chi connectivity index (χ1) is 8.13. The quantitative estimate of drug-likeness (QED) is 0.553. The molecule has 0 aliphatic carbocycles. The molecular weight excluding hydrogens is 222 g/mol. The smallest absolute Gasteiger partial charge is 0.315 e. The highest BCUT2D eigenvalue weighted by molar-refractivity contribution is 5.76. The van der Waals surface area contributed by atoms with E-state index in [1.165, 1.54) is 0 Å². The van der Waals surface area contributed by atoms with E-state index >= 15 is 0 Å². The molecule has 0 aromatic rings. The lowest BCUT2D eigenvalue weighted by Gasteiger charge is -2.24. The molecule has 0 aromatic heterocycles. The van der Waals surface area contributed by atoms with Crippen molar-refractivity contribution < 1.29 is 14.7 Å². The minimum atomic E-state index is -0.866. The minimum absolute atomic E-state index is 0.183. The topological polar surface area (TPSA) is 90.5 Å². The highest BCUT2D eigenvalue weighted by Gasteiger charge is 2.18. The van der Waals surface area contributed by atoms with E-state index in [4.69, 9.17) is 5.11 Å². The number of nitrogens with one attached hydrogen (secondary N) is 3. The highest BCUT2D eigenvalue weighted by Crippen LogP contribution is 2.02. The summed E-state index contributed by atoms with van der Waals surface area (Å²) in [5.41, 5.74) is 0. The van der Waals surface area contributed by atoms with Crippen molar-refractivity contribution in [3.8, 4) is 0 Å². The van der Waals surface area contributed by atoms with Gasteiger partial charge in [-0.3, -0.25) is 4.79 Å². The van der Waals surface area contributed by atoms with Gasteiger partial charge in [0.1, 0.15) is 0 Å². The zero-order valence-electron chi connectivity index (χ0n) is 10.2. The molecule has 1 aliphatic heterocycles. The molecule has 1 unspecified atom stereocenters. The molecule has 1 saturated heterocycles. The second kappa shape index (κ2) is 7.11. The van der Waals surface area contributed by atoms with E-state index in [-0.39, 0.29) is 18.6 Å². The van der Waals surface area contributed by atoms with Gasteiger partial charge in [-0.05, 0) is 32.4 Å². The molecule has 4 N–H and O–H groups in total. The fraction of sp³-hybridized carbons (Fsp3) is 0.818. The molecule has 17 heavy (non-hydrogen) atoms. The lowest BCUT2D eigenvalue weighted by Crippen LogP contribution is -2.48. The summed E-state index contributed by atoms with van der Waals surface area (Å²) >= 11 is 0. The molecule has 1 atom stereocenters. The molecule has 6 heteroatoms. The van der Waals surface area contributed by atoms with E-state index in [1.807, 2.05) is 0 Å². The van der Waals surface area contributed by atoms with Crippen molar-refractivity contribution in [3.63, 3.8) is 0 Å². The van der Waals surface area contributed by atoms with Crippen LogP contribution in [0.1, 0.15) is 26.2 Å². The average molecular weight is 243 g/mol. The molecule has 0 bridgehead atoms. The van der Waals surface area contributed by atoms with Gasteiger partial charge >= 0.3 is 12.0 Å². The third-order valence-electron chi connectivity index (χ3n) is 3.03. The van der Waals surface area contributed by atoms with E-state index in [1.54, 1.807) is 6.92 Å². The molecule has 1 rings (SSSR count). The number of amides is 2. The first-order valence-corrected chi connectivity index (χ1v) is 6.11. The van der Waals surface area contributed by atoms with E-state index < -0.39 is 11.9 Å². The van der Waals surface area contributed by atoms with Gasteiger partial charge in [-0.2, -0.15) is 0 Å². The Labute approximate surface area is 101 Å².